The van der Waals surface area contributed by atoms with Crippen molar-refractivity contribution in [1.29, 1.82) is 0 Å². The molecule has 0 unspecified atom stereocenters. The van der Waals surface area contributed by atoms with Gasteiger partial charge in [0.1, 0.15) is 11.6 Å². The first-order chi connectivity index (χ1) is 13.1. The minimum atomic E-state index is -0.244. The van der Waals surface area contributed by atoms with Crippen LogP contribution in [0.3, 0.4) is 0 Å². The highest BCUT2D eigenvalue weighted by atomic mass is 19.1. The van der Waals surface area contributed by atoms with Crippen LogP contribution in [0.5, 0.6) is 5.75 Å². The van der Waals surface area contributed by atoms with Crippen LogP contribution in [-0.4, -0.2) is 24.9 Å². The van der Waals surface area contributed by atoms with Gasteiger partial charge in [-0.3, -0.25) is 0 Å². The maximum Gasteiger partial charge on any atom is 0.123 e. The van der Waals surface area contributed by atoms with Gasteiger partial charge in [-0.2, -0.15) is 0 Å². The molecule has 1 spiro atoms. The molecule has 0 amide bonds. The van der Waals surface area contributed by atoms with E-state index in [0.717, 1.165) is 37.1 Å². The lowest BCUT2D eigenvalue weighted by molar-refractivity contribution is -0.0484. The van der Waals surface area contributed by atoms with E-state index in [1.165, 1.54) is 11.6 Å². The second-order valence-electron chi connectivity index (χ2n) is 8.03. The molecule has 2 fully saturated rings. The van der Waals surface area contributed by atoms with Crippen molar-refractivity contribution in [2.24, 2.45) is 0 Å². The van der Waals surface area contributed by atoms with E-state index < -0.39 is 0 Å². The van der Waals surface area contributed by atoms with Gasteiger partial charge in [-0.25, -0.2) is 4.39 Å². The quantitative estimate of drug-likeness (QED) is 0.824. The Kier molecular flexibility index (Phi) is 5.20. The van der Waals surface area contributed by atoms with E-state index in [9.17, 15) is 4.39 Å². The summed E-state index contributed by atoms with van der Waals surface area (Å²) in [5, 5.41) is 3.67. The summed E-state index contributed by atoms with van der Waals surface area (Å²) in [4.78, 5) is 0. The number of benzene rings is 2. The molecule has 3 nitrogen and oxygen atoms in total. The van der Waals surface area contributed by atoms with Crippen molar-refractivity contribution >= 4 is 0 Å². The molecular formula is C23H28FNO2. The number of nitrogens with one attached hydrogen (secondary N) is 1. The van der Waals surface area contributed by atoms with Gasteiger partial charge in [-0.15, -0.1) is 0 Å². The molecule has 0 saturated carbocycles. The van der Waals surface area contributed by atoms with Crippen LogP contribution in [0.4, 0.5) is 4.39 Å². The summed E-state index contributed by atoms with van der Waals surface area (Å²) in [7, 11) is 0. The fourth-order valence-electron chi connectivity index (χ4n) is 4.61. The van der Waals surface area contributed by atoms with Crippen molar-refractivity contribution in [3.05, 3.63) is 65.5 Å². The van der Waals surface area contributed by atoms with Gasteiger partial charge in [0, 0.05) is 11.5 Å². The maximum absolute atomic E-state index is 14.0. The largest absolute Gasteiger partial charge is 0.491 e. The van der Waals surface area contributed by atoms with Crippen LogP contribution in [0.2, 0.25) is 0 Å². The van der Waals surface area contributed by atoms with Crippen LogP contribution in [0.1, 0.15) is 56.2 Å². The first-order valence-electron chi connectivity index (χ1n) is 9.96. The minimum absolute atomic E-state index is 0.0545. The minimum Gasteiger partial charge on any atom is -0.491 e. The first-order valence-corrected chi connectivity index (χ1v) is 9.96. The lowest BCUT2D eigenvalue weighted by atomic mass is 9.77. The third kappa shape index (κ3) is 3.74. The van der Waals surface area contributed by atoms with Gasteiger partial charge in [0.25, 0.3) is 0 Å². The summed E-state index contributed by atoms with van der Waals surface area (Å²) < 4.78 is 26.4. The molecular weight excluding hydrogens is 341 g/mol. The third-order valence-corrected chi connectivity index (χ3v) is 5.72. The lowest BCUT2D eigenvalue weighted by Crippen LogP contribution is -2.48. The van der Waals surface area contributed by atoms with Crippen LogP contribution >= 0.6 is 0 Å². The van der Waals surface area contributed by atoms with Crippen molar-refractivity contribution in [3.8, 4) is 5.75 Å². The van der Waals surface area contributed by atoms with E-state index in [0.29, 0.717) is 6.61 Å². The van der Waals surface area contributed by atoms with E-state index >= 15 is 0 Å². The zero-order valence-electron chi connectivity index (χ0n) is 16.1. The van der Waals surface area contributed by atoms with Crippen molar-refractivity contribution in [2.45, 2.75) is 56.8 Å². The van der Waals surface area contributed by atoms with Gasteiger partial charge in [0.15, 0.2) is 0 Å². The monoisotopic (exact) mass is 369 g/mol. The van der Waals surface area contributed by atoms with Crippen molar-refractivity contribution in [1.82, 2.24) is 5.32 Å². The molecule has 4 rings (SSSR count). The number of ether oxygens (including phenoxy) is 2. The van der Waals surface area contributed by atoms with Crippen molar-refractivity contribution in [2.75, 3.05) is 13.2 Å². The SMILES string of the molecule is CC(C)Oc1ccc(F)cc1[C@@H]1CO[C@]2(CCCN[C@H]2c2ccccc2)C1. The summed E-state index contributed by atoms with van der Waals surface area (Å²) in [6, 6.07) is 15.5. The van der Waals surface area contributed by atoms with Crippen LogP contribution in [0.25, 0.3) is 0 Å². The number of hydrogen-bond donors (Lipinski definition) is 1. The van der Waals surface area contributed by atoms with Gasteiger partial charge < -0.3 is 14.8 Å². The Morgan fingerprint density at radius 1 is 1.19 bits per heavy atom. The molecule has 144 valence electrons. The number of halogens is 1. The molecule has 2 saturated heterocycles. The summed E-state index contributed by atoms with van der Waals surface area (Å²) in [5.74, 6) is 0.695. The Hall–Kier alpha value is -1.91. The molecule has 2 aromatic rings. The zero-order chi connectivity index (χ0) is 18.9. The van der Waals surface area contributed by atoms with E-state index in [-0.39, 0.29) is 29.5 Å². The predicted octanol–water partition coefficient (Wildman–Crippen LogP) is 4.98. The molecule has 27 heavy (non-hydrogen) atoms. The first kappa shape index (κ1) is 18.5. The topological polar surface area (TPSA) is 30.5 Å². The Bertz CT molecular complexity index is 779. The van der Waals surface area contributed by atoms with Gasteiger partial charge in [-0.1, -0.05) is 30.3 Å². The number of hydrogen-bond acceptors (Lipinski definition) is 3. The summed E-state index contributed by atoms with van der Waals surface area (Å²) >= 11 is 0. The molecule has 0 bridgehead atoms. The molecule has 2 aromatic carbocycles. The maximum atomic E-state index is 14.0. The Labute approximate surface area is 160 Å². The van der Waals surface area contributed by atoms with Gasteiger partial charge >= 0.3 is 0 Å². The second-order valence-corrected chi connectivity index (χ2v) is 8.03. The molecule has 2 heterocycles. The molecule has 2 aliphatic heterocycles. The van der Waals surface area contributed by atoms with E-state index in [2.05, 4.69) is 29.6 Å². The number of rotatable bonds is 4. The normalized spacial score (nSPS) is 28.0. The molecule has 0 aliphatic carbocycles. The van der Waals surface area contributed by atoms with Crippen LogP contribution in [0.15, 0.2) is 48.5 Å². The van der Waals surface area contributed by atoms with Gasteiger partial charge in [0.2, 0.25) is 0 Å². The van der Waals surface area contributed by atoms with Crippen LogP contribution in [0, 0.1) is 5.82 Å². The Morgan fingerprint density at radius 2 is 2.00 bits per heavy atom. The Morgan fingerprint density at radius 3 is 2.78 bits per heavy atom. The fraction of sp³-hybridized carbons (Fsp3) is 0.478. The highest BCUT2D eigenvalue weighted by Crippen LogP contribution is 2.49. The smallest absolute Gasteiger partial charge is 0.123 e. The number of piperidine rings is 1. The van der Waals surface area contributed by atoms with Crippen molar-refractivity contribution < 1.29 is 13.9 Å². The predicted molar refractivity (Wildman–Crippen MR) is 105 cm³/mol. The van der Waals surface area contributed by atoms with E-state index in [1.54, 1.807) is 12.1 Å². The highest BCUT2D eigenvalue weighted by molar-refractivity contribution is 5.39. The average molecular weight is 369 g/mol. The molecule has 0 aromatic heterocycles. The van der Waals surface area contributed by atoms with Gasteiger partial charge in [0.05, 0.1) is 24.4 Å². The highest BCUT2D eigenvalue weighted by Gasteiger charge is 2.49. The summed E-state index contributed by atoms with van der Waals surface area (Å²) in [5.41, 5.74) is 1.94. The summed E-state index contributed by atoms with van der Waals surface area (Å²) in [6.07, 6.45) is 3.04. The van der Waals surface area contributed by atoms with Crippen molar-refractivity contribution in [3.63, 3.8) is 0 Å². The average Bonchev–Trinajstić information content (AvgIpc) is 3.08. The van der Waals surface area contributed by atoms with Crippen LogP contribution < -0.4 is 10.1 Å². The molecule has 2 aliphatic rings. The lowest BCUT2D eigenvalue weighted by Gasteiger charge is -2.41. The molecule has 3 atom stereocenters. The Balaban J connectivity index is 1.63. The molecule has 0 radical (unpaired) electrons. The molecule has 1 N–H and O–H groups in total. The second kappa shape index (κ2) is 7.61. The fourth-order valence-corrected chi connectivity index (χ4v) is 4.61. The van der Waals surface area contributed by atoms with Gasteiger partial charge in [-0.05, 0) is 63.4 Å². The zero-order valence-corrected chi connectivity index (χ0v) is 16.1. The molecule has 4 heteroatoms. The van der Waals surface area contributed by atoms with E-state index in [4.69, 9.17) is 9.47 Å². The van der Waals surface area contributed by atoms with E-state index in [1.807, 2.05) is 19.9 Å². The summed E-state index contributed by atoms with van der Waals surface area (Å²) in [6.45, 7) is 5.59. The third-order valence-electron chi connectivity index (χ3n) is 5.72. The standard InChI is InChI=1S/C23H28FNO2/c1-16(2)27-21-10-9-19(24)13-20(21)18-14-23(26-15-18)11-6-12-25-22(23)17-7-4-3-5-8-17/h3-5,7-10,13,16,18,22,25H,6,11-12,14-15H2,1-2H3/t18-,22-,23+/m0/s1. The van der Waals surface area contributed by atoms with Crippen LogP contribution in [-0.2, 0) is 4.74 Å².